The molecule has 0 radical (unpaired) electrons. The number of aromatic nitrogens is 2. The van der Waals surface area contributed by atoms with Gasteiger partial charge in [0.05, 0.1) is 18.9 Å². The lowest BCUT2D eigenvalue weighted by Gasteiger charge is -2.15. The maximum absolute atomic E-state index is 5.98. The molecule has 0 saturated carbocycles. The van der Waals surface area contributed by atoms with Gasteiger partial charge in [-0.05, 0) is 25.5 Å². The molecule has 0 fully saturated rings. The molecule has 0 aliphatic carbocycles. The van der Waals surface area contributed by atoms with Crippen LogP contribution in [0.2, 0.25) is 0 Å². The molecule has 0 spiro atoms. The summed E-state index contributed by atoms with van der Waals surface area (Å²) in [7, 11) is 0. The molecule has 3 N–H and O–H groups in total. The second-order valence-electron chi connectivity index (χ2n) is 4.17. The molecule has 0 saturated heterocycles. The van der Waals surface area contributed by atoms with Gasteiger partial charge in [0.2, 0.25) is 5.88 Å². The van der Waals surface area contributed by atoms with E-state index >= 15 is 0 Å². The third kappa shape index (κ3) is 3.15. The Balaban J connectivity index is 2.12. The molecule has 0 aliphatic rings. The zero-order valence-corrected chi connectivity index (χ0v) is 11.1. The molecule has 0 aromatic carbocycles. The highest BCUT2D eigenvalue weighted by Gasteiger charge is 2.14. The summed E-state index contributed by atoms with van der Waals surface area (Å²) in [6.07, 6.45) is 3.96. The second kappa shape index (κ2) is 6.08. The van der Waals surface area contributed by atoms with Gasteiger partial charge in [0.1, 0.15) is 17.8 Å². The number of ether oxygens (including phenoxy) is 1. The molecule has 2 aromatic heterocycles. The molecular weight excluding hydrogens is 244 g/mol. The normalized spacial score (nSPS) is 12.1. The lowest BCUT2D eigenvalue weighted by Crippen LogP contribution is -2.11. The van der Waals surface area contributed by atoms with Crippen molar-refractivity contribution in [2.45, 2.75) is 26.3 Å². The zero-order valence-electron chi connectivity index (χ0n) is 11.1. The molecule has 102 valence electrons. The van der Waals surface area contributed by atoms with E-state index in [4.69, 9.17) is 14.9 Å². The average Bonchev–Trinajstić information content (AvgIpc) is 2.94. The number of anilines is 2. The van der Waals surface area contributed by atoms with Crippen LogP contribution in [-0.4, -0.2) is 16.6 Å². The van der Waals surface area contributed by atoms with Gasteiger partial charge in [-0.1, -0.05) is 6.92 Å². The van der Waals surface area contributed by atoms with E-state index in [-0.39, 0.29) is 6.04 Å². The number of nitrogen functional groups attached to an aromatic ring is 1. The van der Waals surface area contributed by atoms with Gasteiger partial charge in [0.15, 0.2) is 5.82 Å². The van der Waals surface area contributed by atoms with E-state index in [1.165, 1.54) is 6.33 Å². The smallest absolute Gasteiger partial charge is 0.242 e. The fraction of sp³-hybridized carbons (Fsp3) is 0.385. The first-order chi connectivity index (χ1) is 9.22. The van der Waals surface area contributed by atoms with Crippen LogP contribution < -0.4 is 15.8 Å². The van der Waals surface area contributed by atoms with Gasteiger partial charge in [-0.25, -0.2) is 4.98 Å². The van der Waals surface area contributed by atoms with Crippen molar-refractivity contribution < 1.29 is 9.15 Å². The first kappa shape index (κ1) is 13.2. The Labute approximate surface area is 112 Å². The number of nitrogens with one attached hydrogen (secondary N) is 1. The van der Waals surface area contributed by atoms with Crippen LogP contribution in [-0.2, 0) is 0 Å². The topological polar surface area (TPSA) is 86.2 Å². The van der Waals surface area contributed by atoms with Crippen LogP contribution in [0.25, 0.3) is 0 Å². The molecule has 1 unspecified atom stereocenters. The highest BCUT2D eigenvalue weighted by molar-refractivity contribution is 5.66. The molecule has 2 aromatic rings. The van der Waals surface area contributed by atoms with Crippen LogP contribution in [0.3, 0.4) is 0 Å². The van der Waals surface area contributed by atoms with Crippen molar-refractivity contribution in [1.82, 2.24) is 9.97 Å². The molecule has 6 heteroatoms. The summed E-state index contributed by atoms with van der Waals surface area (Å²) in [5.41, 5.74) is 6.39. The Morgan fingerprint density at radius 3 is 3.00 bits per heavy atom. The number of nitrogens with two attached hydrogens (primary N) is 1. The fourth-order valence-corrected chi connectivity index (χ4v) is 1.62. The monoisotopic (exact) mass is 262 g/mol. The number of rotatable bonds is 6. The Morgan fingerprint density at radius 1 is 1.47 bits per heavy atom. The summed E-state index contributed by atoms with van der Waals surface area (Å²) >= 11 is 0. The van der Waals surface area contributed by atoms with Crippen LogP contribution in [0.4, 0.5) is 11.5 Å². The van der Waals surface area contributed by atoms with Gasteiger partial charge in [0, 0.05) is 0 Å². The number of hydrogen-bond acceptors (Lipinski definition) is 6. The number of furan rings is 1. The van der Waals surface area contributed by atoms with Gasteiger partial charge in [-0.2, -0.15) is 4.98 Å². The number of hydrogen-bond donors (Lipinski definition) is 2. The summed E-state index contributed by atoms with van der Waals surface area (Å²) in [6.45, 7) is 4.57. The molecule has 2 rings (SSSR count). The fourth-order valence-electron chi connectivity index (χ4n) is 1.62. The van der Waals surface area contributed by atoms with Crippen molar-refractivity contribution in [3.05, 3.63) is 30.5 Å². The minimum atomic E-state index is -0.0359. The summed E-state index contributed by atoms with van der Waals surface area (Å²) < 4.78 is 10.8. The molecule has 0 amide bonds. The van der Waals surface area contributed by atoms with Crippen LogP contribution in [0.1, 0.15) is 32.1 Å². The van der Waals surface area contributed by atoms with Crippen LogP contribution in [0.5, 0.6) is 5.88 Å². The second-order valence-corrected chi connectivity index (χ2v) is 4.17. The van der Waals surface area contributed by atoms with Crippen LogP contribution >= 0.6 is 0 Å². The lowest BCUT2D eigenvalue weighted by molar-refractivity contribution is 0.306. The van der Waals surface area contributed by atoms with E-state index in [1.807, 2.05) is 26.0 Å². The Kier molecular flexibility index (Phi) is 4.22. The number of nitrogens with zero attached hydrogens (tertiary/aromatic N) is 2. The standard InChI is InChI=1S/C13H18N4O2/c1-3-6-19-13-11(14)12(15-8-16-13)17-9(2)10-5-4-7-18-10/h4-5,7-9H,3,6,14H2,1-2H3,(H,15,16,17). The highest BCUT2D eigenvalue weighted by atomic mass is 16.5. The highest BCUT2D eigenvalue weighted by Crippen LogP contribution is 2.28. The molecule has 0 aliphatic heterocycles. The summed E-state index contributed by atoms with van der Waals surface area (Å²) in [5.74, 6) is 1.77. The van der Waals surface area contributed by atoms with Crippen molar-refractivity contribution in [1.29, 1.82) is 0 Å². The van der Waals surface area contributed by atoms with Crippen molar-refractivity contribution in [3.63, 3.8) is 0 Å². The predicted octanol–water partition coefficient (Wildman–Crippen LogP) is 2.61. The van der Waals surface area contributed by atoms with Crippen molar-refractivity contribution in [3.8, 4) is 5.88 Å². The van der Waals surface area contributed by atoms with Gasteiger partial charge >= 0.3 is 0 Å². The molecular formula is C13H18N4O2. The Morgan fingerprint density at radius 2 is 2.32 bits per heavy atom. The van der Waals surface area contributed by atoms with Crippen molar-refractivity contribution in [2.24, 2.45) is 0 Å². The maximum Gasteiger partial charge on any atom is 0.242 e. The summed E-state index contributed by atoms with van der Waals surface area (Å²) in [5, 5.41) is 3.18. The SMILES string of the molecule is CCCOc1ncnc(NC(C)c2ccco2)c1N. The molecule has 1 atom stereocenters. The molecule has 6 nitrogen and oxygen atoms in total. The van der Waals surface area contributed by atoms with Crippen molar-refractivity contribution >= 4 is 11.5 Å². The van der Waals surface area contributed by atoms with Gasteiger partial charge in [-0.15, -0.1) is 0 Å². The van der Waals surface area contributed by atoms with Gasteiger partial charge < -0.3 is 20.2 Å². The Bertz CT molecular complexity index is 513. The third-order valence-corrected chi connectivity index (χ3v) is 2.61. The molecule has 2 heterocycles. The van der Waals surface area contributed by atoms with Crippen LogP contribution in [0, 0.1) is 0 Å². The van der Waals surface area contributed by atoms with Crippen LogP contribution in [0.15, 0.2) is 29.1 Å². The quantitative estimate of drug-likeness (QED) is 0.832. The van der Waals surface area contributed by atoms with E-state index < -0.39 is 0 Å². The minimum absolute atomic E-state index is 0.0359. The van der Waals surface area contributed by atoms with E-state index in [2.05, 4.69) is 15.3 Å². The lowest BCUT2D eigenvalue weighted by atomic mass is 10.2. The third-order valence-electron chi connectivity index (χ3n) is 2.61. The molecule has 0 bridgehead atoms. The molecule has 19 heavy (non-hydrogen) atoms. The minimum Gasteiger partial charge on any atom is -0.476 e. The predicted molar refractivity (Wildman–Crippen MR) is 73.0 cm³/mol. The Hall–Kier alpha value is -2.24. The van der Waals surface area contributed by atoms with E-state index in [1.54, 1.807) is 6.26 Å². The largest absolute Gasteiger partial charge is 0.476 e. The van der Waals surface area contributed by atoms with E-state index in [9.17, 15) is 0 Å². The van der Waals surface area contributed by atoms with Gasteiger partial charge in [-0.3, -0.25) is 0 Å². The summed E-state index contributed by atoms with van der Waals surface area (Å²) in [6, 6.07) is 3.70. The van der Waals surface area contributed by atoms with Crippen molar-refractivity contribution in [2.75, 3.05) is 17.7 Å². The maximum atomic E-state index is 5.98. The summed E-state index contributed by atoms with van der Waals surface area (Å²) in [4.78, 5) is 8.15. The van der Waals surface area contributed by atoms with E-state index in [0.29, 0.717) is 24.0 Å². The first-order valence-electron chi connectivity index (χ1n) is 6.25. The average molecular weight is 262 g/mol. The van der Waals surface area contributed by atoms with E-state index in [0.717, 1.165) is 12.2 Å². The van der Waals surface area contributed by atoms with Gasteiger partial charge in [0.25, 0.3) is 0 Å². The first-order valence-corrected chi connectivity index (χ1v) is 6.25. The zero-order chi connectivity index (χ0) is 13.7.